The van der Waals surface area contributed by atoms with E-state index in [2.05, 4.69) is 63.6 Å². The predicted molar refractivity (Wildman–Crippen MR) is 197 cm³/mol. The number of hydrogen-bond acceptors (Lipinski definition) is 12. The minimum atomic E-state index is -0.617. The molecule has 1 aromatic carbocycles. The number of carbonyl (C=O) groups excluding carboxylic acids is 2. The van der Waals surface area contributed by atoms with Crippen molar-refractivity contribution in [2.45, 2.75) is 56.8 Å². The van der Waals surface area contributed by atoms with Crippen LogP contribution in [0.2, 0.25) is 0 Å². The Labute approximate surface area is 321 Å². The smallest absolute Gasteiger partial charge is 0.360 e. The maximum Gasteiger partial charge on any atom is 0.360 e. The Bertz CT molecular complexity index is 2800. The van der Waals surface area contributed by atoms with Gasteiger partial charge < -0.3 is 23.6 Å². The molecular weight excluding hydrogens is 736 g/mol. The largest absolute Gasteiger partial charge is 0.494 e. The minimum Gasteiger partial charge on any atom is -0.494 e. The van der Waals surface area contributed by atoms with Crippen molar-refractivity contribution >= 4 is 23.2 Å². The molecule has 8 aromatic rings. The fraction of sp³-hybridized carbons (Fsp3) is 0.263. The third-order valence-corrected chi connectivity index (χ3v) is 10.2. The first-order valence-electron chi connectivity index (χ1n) is 18.3. The van der Waals surface area contributed by atoms with Crippen LogP contribution in [0.25, 0.3) is 22.6 Å². The van der Waals surface area contributed by atoms with Crippen molar-refractivity contribution in [3.05, 3.63) is 125 Å². The lowest BCUT2D eigenvalue weighted by Crippen LogP contribution is -2.24. The quantitative estimate of drug-likeness (QED) is 0.161. The monoisotopic (exact) mass is 768 g/mol. The standard InChI is InChI=1S/C38H33FN14O4/c1-56-32-7-6-26(29-12-41-47-44-29)28(36(32)39)11-40-37(54)30-19-52(48-45-30)17-25-16-51-14-23(5-9-35(51)43-25)27-10-33(27)57-38(55)31-20-53(49-46-31)18-24-15-50-13-22(21-2-3-21)4-8-34(50)42-24/h4-9,12-16,19-21,27,33H,2-3,10-11,17-18H2,1H3,(H,40,54)(H,41,44,47). The molecule has 2 fully saturated rings. The van der Waals surface area contributed by atoms with E-state index in [1.165, 1.54) is 48.7 Å². The Morgan fingerprint density at radius 3 is 2.23 bits per heavy atom. The summed E-state index contributed by atoms with van der Waals surface area (Å²) in [4.78, 5) is 35.4. The van der Waals surface area contributed by atoms with Gasteiger partial charge in [-0.25, -0.2) is 28.5 Å². The molecule has 2 aliphatic rings. The Kier molecular flexibility index (Phi) is 8.26. The lowest BCUT2D eigenvalue weighted by atomic mass is 10.0. The lowest BCUT2D eigenvalue weighted by Gasteiger charge is -2.12. The zero-order valence-electron chi connectivity index (χ0n) is 30.4. The fourth-order valence-electron chi connectivity index (χ4n) is 7.05. The molecule has 19 heteroatoms. The number of amides is 1. The topological polar surface area (TPSA) is 202 Å². The van der Waals surface area contributed by atoms with Crippen molar-refractivity contribution in [1.82, 2.24) is 69.5 Å². The molecule has 7 aromatic heterocycles. The highest BCUT2D eigenvalue weighted by Gasteiger charge is 2.43. The molecule has 2 N–H and O–H groups in total. The van der Waals surface area contributed by atoms with Gasteiger partial charge in [0.2, 0.25) is 0 Å². The minimum absolute atomic E-state index is 0.0339. The van der Waals surface area contributed by atoms with E-state index in [0.29, 0.717) is 35.8 Å². The van der Waals surface area contributed by atoms with Gasteiger partial charge in [-0.2, -0.15) is 15.4 Å². The van der Waals surface area contributed by atoms with Gasteiger partial charge in [0.05, 0.1) is 50.2 Å². The molecule has 0 bridgehead atoms. The average Bonchev–Trinajstić information content (AvgIpc) is 3.74. The zero-order chi connectivity index (χ0) is 38.6. The molecule has 1 amide bonds. The fourth-order valence-corrected chi connectivity index (χ4v) is 7.05. The molecule has 2 saturated carbocycles. The van der Waals surface area contributed by atoms with Gasteiger partial charge in [0.1, 0.15) is 23.1 Å². The molecular formula is C38H33FN14O4. The molecule has 0 saturated heterocycles. The average molecular weight is 769 g/mol. The van der Waals surface area contributed by atoms with Crippen LogP contribution < -0.4 is 10.1 Å². The molecule has 18 nitrogen and oxygen atoms in total. The van der Waals surface area contributed by atoms with Gasteiger partial charge in [0.25, 0.3) is 5.91 Å². The second-order valence-corrected chi connectivity index (χ2v) is 14.2. The van der Waals surface area contributed by atoms with Crippen LogP contribution in [0.15, 0.2) is 79.8 Å². The summed E-state index contributed by atoms with van der Waals surface area (Å²) in [5, 5.41) is 29.3. The Morgan fingerprint density at radius 2 is 1.54 bits per heavy atom. The molecule has 10 rings (SSSR count). The number of ether oxygens (including phenoxy) is 2. The number of H-pyrrole nitrogens is 1. The third-order valence-electron chi connectivity index (χ3n) is 10.2. The Balaban J connectivity index is 0.742. The van der Waals surface area contributed by atoms with E-state index >= 15 is 4.39 Å². The number of halogens is 1. The van der Waals surface area contributed by atoms with Crippen molar-refractivity contribution in [1.29, 1.82) is 0 Å². The first-order valence-corrected chi connectivity index (χ1v) is 18.3. The number of esters is 1. The highest BCUT2D eigenvalue weighted by molar-refractivity contribution is 5.92. The summed E-state index contributed by atoms with van der Waals surface area (Å²) >= 11 is 0. The van der Waals surface area contributed by atoms with Crippen LogP contribution in [-0.4, -0.2) is 89.3 Å². The van der Waals surface area contributed by atoms with E-state index in [9.17, 15) is 9.59 Å². The van der Waals surface area contributed by atoms with Gasteiger partial charge in [-0.3, -0.25) is 4.79 Å². The highest BCUT2D eigenvalue weighted by atomic mass is 19.1. The SMILES string of the molecule is COc1ccc(-c2cn[nH]n2)c(CNC(=O)c2cn(Cc3cn4cc(C5CC5OC(=O)c5cn(Cc6cn7cc(C8CC8)ccc7n6)nn5)ccc4n3)nn2)c1F. The van der Waals surface area contributed by atoms with Crippen LogP contribution in [0.3, 0.4) is 0 Å². The summed E-state index contributed by atoms with van der Waals surface area (Å²) in [6.45, 7) is 0.480. The Hall–Kier alpha value is -7.31. The van der Waals surface area contributed by atoms with Crippen LogP contribution in [0.4, 0.5) is 4.39 Å². The number of nitrogens with zero attached hydrogens (tertiary/aromatic N) is 12. The van der Waals surface area contributed by atoms with Crippen LogP contribution in [-0.2, 0) is 24.4 Å². The number of rotatable bonds is 13. The number of aromatic amines is 1. The first-order chi connectivity index (χ1) is 27.8. The van der Waals surface area contributed by atoms with Crippen molar-refractivity contribution < 1.29 is 23.5 Å². The molecule has 2 unspecified atom stereocenters. The maximum atomic E-state index is 15.2. The van der Waals surface area contributed by atoms with Gasteiger partial charge in [-0.05, 0) is 60.6 Å². The Morgan fingerprint density at radius 1 is 0.860 bits per heavy atom. The number of pyridine rings is 2. The number of hydrogen-bond donors (Lipinski definition) is 2. The highest BCUT2D eigenvalue weighted by Crippen LogP contribution is 2.44. The van der Waals surface area contributed by atoms with Gasteiger partial charge >= 0.3 is 5.97 Å². The molecule has 0 radical (unpaired) electrons. The summed E-state index contributed by atoms with van der Waals surface area (Å²) in [5.41, 5.74) is 6.69. The number of methoxy groups -OCH3 is 1. The molecule has 0 aliphatic heterocycles. The lowest BCUT2D eigenvalue weighted by molar-refractivity contribution is 0.0456. The number of carbonyl (C=O) groups is 2. The van der Waals surface area contributed by atoms with Gasteiger partial charge in [-0.1, -0.05) is 22.6 Å². The number of benzene rings is 1. The predicted octanol–water partition coefficient (Wildman–Crippen LogP) is 3.71. The normalized spacial score (nSPS) is 16.3. The van der Waals surface area contributed by atoms with E-state index in [0.717, 1.165) is 22.6 Å². The van der Waals surface area contributed by atoms with Crippen molar-refractivity contribution in [3.63, 3.8) is 0 Å². The number of fused-ring (bicyclic) bond motifs is 2. The van der Waals surface area contributed by atoms with E-state index in [-0.39, 0.29) is 47.8 Å². The van der Waals surface area contributed by atoms with E-state index in [4.69, 9.17) is 9.47 Å². The van der Waals surface area contributed by atoms with Gasteiger partial charge in [-0.15, -0.1) is 10.2 Å². The van der Waals surface area contributed by atoms with Crippen LogP contribution in [0.1, 0.15) is 80.2 Å². The maximum absolute atomic E-state index is 15.2. The van der Waals surface area contributed by atoms with Crippen LogP contribution in [0.5, 0.6) is 5.75 Å². The summed E-state index contributed by atoms with van der Waals surface area (Å²) in [6, 6.07) is 11.2. The van der Waals surface area contributed by atoms with E-state index in [1.807, 2.05) is 45.6 Å². The zero-order valence-corrected chi connectivity index (χ0v) is 30.4. The van der Waals surface area contributed by atoms with Crippen molar-refractivity contribution in [2.75, 3.05) is 7.11 Å². The second kappa shape index (κ2) is 13.8. The van der Waals surface area contributed by atoms with Crippen LogP contribution in [0, 0.1) is 5.82 Å². The summed E-state index contributed by atoms with van der Waals surface area (Å²) < 4.78 is 33.2. The number of nitrogens with one attached hydrogen (secondary N) is 2. The summed E-state index contributed by atoms with van der Waals surface area (Å²) in [7, 11) is 1.37. The van der Waals surface area contributed by atoms with Crippen molar-refractivity contribution in [3.8, 4) is 17.0 Å². The third kappa shape index (κ3) is 6.83. The molecule has 0 spiro atoms. The second-order valence-electron chi connectivity index (χ2n) is 14.2. The molecule has 2 atom stereocenters. The summed E-state index contributed by atoms with van der Waals surface area (Å²) in [5.74, 6) is -0.950. The molecule has 57 heavy (non-hydrogen) atoms. The number of aromatic nitrogens is 13. The van der Waals surface area contributed by atoms with E-state index in [1.54, 1.807) is 16.9 Å². The van der Waals surface area contributed by atoms with E-state index < -0.39 is 17.7 Å². The van der Waals surface area contributed by atoms with Crippen LogP contribution >= 0.6 is 0 Å². The van der Waals surface area contributed by atoms with Gasteiger partial charge in [0, 0.05) is 48.4 Å². The van der Waals surface area contributed by atoms with Gasteiger partial charge in [0.15, 0.2) is 23.0 Å². The van der Waals surface area contributed by atoms with Crippen molar-refractivity contribution in [2.24, 2.45) is 0 Å². The first kappa shape index (κ1) is 34.2. The number of imidazole rings is 2. The molecule has 7 heterocycles. The summed E-state index contributed by atoms with van der Waals surface area (Å²) in [6.07, 6.45) is 15.4. The molecule has 2 aliphatic carbocycles. The molecule has 286 valence electrons.